The van der Waals surface area contributed by atoms with Crippen LogP contribution in [0.2, 0.25) is 0 Å². The Morgan fingerprint density at radius 3 is 2.32 bits per heavy atom. The monoisotopic (exact) mass is 339 g/mol. The third kappa shape index (κ3) is 5.35. The number of rotatable bonds is 8. The second kappa shape index (κ2) is 9.26. The Labute approximate surface area is 151 Å². The maximum atomic E-state index is 12.4. The molecule has 2 rings (SSSR count). The number of benzene rings is 2. The molecule has 0 aliphatic heterocycles. The van der Waals surface area contributed by atoms with E-state index >= 15 is 0 Å². The summed E-state index contributed by atoms with van der Waals surface area (Å²) in [6.07, 6.45) is 3.19. The van der Waals surface area contributed by atoms with Gasteiger partial charge in [0.1, 0.15) is 5.75 Å². The third-order valence-corrected chi connectivity index (χ3v) is 4.64. The van der Waals surface area contributed by atoms with E-state index in [0.29, 0.717) is 6.42 Å². The first-order chi connectivity index (χ1) is 12.1. The van der Waals surface area contributed by atoms with Crippen molar-refractivity contribution in [1.29, 1.82) is 0 Å². The van der Waals surface area contributed by atoms with Crippen molar-refractivity contribution in [3.63, 3.8) is 0 Å². The van der Waals surface area contributed by atoms with Crippen LogP contribution in [0.15, 0.2) is 42.5 Å². The van der Waals surface area contributed by atoms with Gasteiger partial charge in [0.15, 0.2) is 0 Å². The molecule has 0 spiro atoms. The highest BCUT2D eigenvalue weighted by Gasteiger charge is 2.14. The molecule has 0 bridgehead atoms. The zero-order valence-corrected chi connectivity index (χ0v) is 15.8. The molecule has 3 heteroatoms. The van der Waals surface area contributed by atoms with Crippen LogP contribution in [0, 0.1) is 6.92 Å². The number of carbonyl (C=O) groups excluding carboxylic acids is 1. The molecule has 134 valence electrons. The van der Waals surface area contributed by atoms with Gasteiger partial charge in [-0.1, -0.05) is 50.2 Å². The SMILES string of the molecule is CCc1ccc(CCC(=O)NC(CC)c2ccc(OC)c(C)c2)cc1. The molecule has 0 radical (unpaired) electrons. The van der Waals surface area contributed by atoms with E-state index in [-0.39, 0.29) is 11.9 Å². The van der Waals surface area contributed by atoms with E-state index in [0.717, 1.165) is 36.1 Å². The van der Waals surface area contributed by atoms with E-state index in [9.17, 15) is 4.79 Å². The van der Waals surface area contributed by atoms with Crippen LogP contribution in [0.3, 0.4) is 0 Å². The summed E-state index contributed by atoms with van der Waals surface area (Å²) in [6.45, 7) is 6.26. The molecule has 0 saturated heterocycles. The van der Waals surface area contributed by atoms with Gasteiger partial charge in [0.25, 0.3) is 0 Å². The Balaban J connectivity index is 1.93. The maximum absolute atomic E-state index is 12.4. The van der Waals surface area contributed by atoms with E-state index in [1.54, 1.807) is 7.11 Å². The second-order valence-corrected chi connectivity index (χ2v) is 6.43. The van der Waals surface area contributed by atoms with Crippen LogP contribution in [0.5, 0.6) is 5.75 Å². The summed E-state index contributed by atoms with van der Waals surface area (Å²) in [5.41, 5.74) is 4.75. The lowest BCUT2D eigenvalue weighted by Gasteiger charge is -2.19. The van der Waals surface area contributed by atoms with Gasteiger partial charge in [-0.15, -0.1) is 0 Å². The van der Waals surface area contributed by atoms with E-state index in [1.807, 2.05) is 19.1 Å². The number of nitrogens with one attached hydrogen (secondary N) is 1. The minimum atomic E-state index is 0.0413. The highest BCUT2D eigenvalue weighted by molar-refractivity contribution is 5.76. The molecule has 0 saturated carbocycles. The lowest BCUT2D eigenvalue weighted by atomic mass is 10.0. The first-order valence-corrected chi connectivity index (χ1v) is 9.09. The summed E-state index contributed by atoms with van der Waals surface area (Å²) in [5.74, 6) is 0.973. The van der Waals surface area contributed by atoms with Crippen LogP contribution in [-0.2, 0) is 17.6 Å². The van der Waals surface area contributed by atoms with Crippen molar-refractivity contribution < 1.29 is 9.53 Å². The summed E-state index contributed by atoms with van der Waals surface area (Å²) in [6, 6.07) is 14.7. The van der Waals surface area contributed by atoms with Gasteiger partial charge in [-0.05, 0) is 54.5 Å². The fraction of sp³-hybridized carbons (Fsp3) is 0.409. The Morgan fingerprint density at radius 1 is 1.08 bits per heavy atom. The molecule has 1 N–H and O–H groups in total. The number of ether oxygens (including phenoxy) is 1. The molecule has 2 aromatic carbocycles. The zero-order chi connectivity index (χ0) is 18.2. The number of hydrogen-bond acceptors (Lipinski definition) is 2. The average Bonchev–Trinajstić information content (AvgIpc) is 2.64. The predicted molar refractivity (Wildman–Crippen MR) is 103 cm³/mol. The first kappa shape index (κ1) is 19.0. The third-order valence-electron chi connectivity index (χ3n) is 4.64. The van der Waals surface area contributed by atoms with Gasteiger partial charge < -0.3 is 10.1 Å². The molecule has 0 aromatic heterocycles. The summed E-state index contributed by atoms with van der Waals surface area (Å²) in [4.78, 5) is 12.4. The van der Waals surface area contributed by atoms with Gasteiger partial charge in [0.05, 0.1) is 13.2 Å². The van der Waals surface area contributed by atoms with Crippen LogP contribution in [0.4, 0.5) is 0 Å². The average molecular weight is 339 g/mol. The van der Waals surface area contributed by atoms with Crippen LogP contribution in [0.1, 0.15) is 55.0 Å². The lowest BCUT2D eigenvalue weighted by Crippen LogP contribution is -2.28. The van der Waals surface area contributed by atoms with Gasteiger partial charge in [-0.2, -0.15) is 0 Å². The van der Waals surface area contributed by atoms with Crippen LogP contribution < -0.4 is 10.1 Å². The van der Waals surface area contributed by atoms with E-state index in [1.165, 1.54) is 11.1 Å². The molecule has 0 heterocycles. The molecule has 0 aliphatic carbocycles. The van der Waals surface area contributed by atoms with E-state index < -0.39 is 0 Å². The second-order valence-electron chi connectivity index (χ2n) is 6.43. The van der Waals surface area contributed by atoms with Crippen LogP contribution >= 0.6 is 0 Å². The van der Waals surface area contributed by atoms with Crippen molar-refractivity contribution in [2.24, 2.45) is 0 Å². The first-order valence-electron chi connectivity index (χ1n) is 9.09. The Bertz CT molecular complexity index is 692. The molecule has 1 atom stereocenters. The van der Waals surface area contributed by atoms with Gasteiger partial charge in [0.2, 0.25) is 5.91 Å². The van der Waals surface area contributed by atoms with E-state index in [4.69, 9.17) is 4.74 Å². The highest BCUT2D eigenvalue weighted by atomic mass is 16.5. The van der Waals surface area contributed by atoms with Crippen molar-refractivity contribution in [2.45, 2.75) is 52.5 Å². The largest absolute Gasteiger partial charge is 0.496 e. The van der Waals surface area contributed by atoms with Crippen molar-refractivity contribution in [2.75, 3.05) is 7.11 Å². The normalized spacial score (nSPS) is 11.8. The molecule has 1 amide bonds. The summed E-state index contributed by atoms with van der Waals surface area (Å²) < 4.78 is 5.31. The minimum absolute atomic E-state index is 0.0413. The maximum Gasteiger partial charge on any atom is 0.220 e. The topological polar surface area (TPSA) is 38.3 Å². The number of aryl methyl sites for hydroxylation is 3. The predicted octanol–water partition coefficient (Wildman–Crippen LogP) is 4.77. The lowest BCUT2D eigenvalue weighted by molar-refractivity contribution is -0.121. The number of methoxy groups -OCH3 is 1. The molecular formula is C22H29NO2. The molecule has 2 aromatic rings. The molecule has 3 nitrogen and oxygen atoms in total. The fourth-order valence-electron chi connectivity index (χ4n) is 3.01. The highest BCUT2D eigenvalue weighted by Crippen LogP contribution is 2.24. The zero-order valence-electron chi connectivity index (χ0n) is 15.8. The summed E-state index contributed by atoms with van der Waals surface area (Å²) >= 11 is 0. The minimum Gasteiger partial charge on any atom is -0.496 e. The summed E-state index contributed by atoms with van der Waals surface area (Å²) in [7, 11) is 1.67. The molecule has 25 heavy (non-hydrogen) atoms. The fourth-order valence-corrected chi connectivity index (χ4v) is 3.01. The van der Waals surface area contributed by atoms with Gasteiger partial charge >= 0.3 is 0 Å². The van der Waals surface area contributed by atoms with Crippen LogP contribution in [-0.4, -0.2) is 13.0 Å². The Kier molecular flexibility index (Phi) is 7.05. The van der Waals surface area contributed by atoms with Crippen molar-refractivity contribution in [3.8, 4) is 5.75 Å². The smallest absolute Gasteiger partial charge is 0.220 e. The quantitative estimate of drug-likeness (QED) is 0.752. The number of amides is 1. The number of hydrogen-bond donors (Lipinski definition) is 1. The van der Waals surface area contributed by atoms with E-state index in [2.05, 4.69) is 49.5 Å². The van der Waals surface area contributed by atoms with Crippen molar-refractivity contribution in [3.05, 3.63) is 64.7 Å². The molecule has 0 aliphatic rings. The van der Waals surface area contributed by atoms with Gasteiger partial charge in [0, 0.05) is 6.42 Å². The van der Waals surface area contributed by atoms with Crippen molar-refractivity contribution >= 4 is 5.91 Å². The number of carbonyl (C=O) groups is 1. The Hall–Kier alpha value is -2.29. The van der Waals surface area contributed by atoms with Crippen LogP contribution in [0.25, 0.3) is 0 Å². The summed E-state index contributed by atoms with van der Waals surface area (Å²) in [5, 5.41) is 3.16. The molecule has 0 fully saturated rings. The van der Waals surface area contributed by atoms with Crippen molar-refractivity contribution in [1.82, 2.24) is 5.32 Å². The van der Waals surface area contributed by atoms with Gasteiger partial charge in [-0.3, -0.25) is 4.79 Å². The molecule has 1 unspecified atom stereocenters. The molecular weight excluding hydrogens is 310 g/mol. The standard InChI is InChI=1S/C22H29NO2/c1-5-17-7-9-18(10-8-17)11-14-22(24)23-20(6-2)19-12-13-21(25-4)16(3)15-19/h7-10,12-13,15,20H,5-6,11,14H2,1-4H3,(H,23,24). The Morgan fingerprint density at radius 2 is 1.76 bits per heavy atom. The van der Waals surface area contributed by atoms with Gasteiger partial charge in [-0.25, -0.2) is 0 Å².